The molecule has 1 aliphatic heterocycles. The van der Waals surface area contributed by atoms with Crippen molar-refractivity contribution in [2.24, 2.45) is 5.73 Å². The van der Waals surface area contributed by atoms with Crippen molar-refractivity contribution in [3.05, 3.63) is 96.6 Å². The van der Waals surface area contributed by atoms with E-state index >= 15 is 0 Å². The first-order valence-corrected chi connectivity index (χ1v) is 14.1. The van der Waals surface area contributed by atoms with Gasteiger partial charge in [0.1, 0.15) is 6.10 Å². The Labute approximate surface area is 241 Å². The molecular formula is C32H40N6O3. The van der Waals surface area contributed by atoms with Crippen LogP contribution in [-0.2, 0) is 9.53 Å². The van der Waals surface area contributed by atoms with Gasteiger partial charge in [0.05, 0.1) is 19.2 Å². The summed E-state index contributed by atoms with van der Waals surface area (Å²) in [4.78, 5) is 28.6. The molecule has 1 heterocycles. The Kier molecular flexibility index (Phi) is 10.9. The Morgan fingerprint density at radius 2 is 1.88 bits per heavy atom. The predicted octanol–water partition coefficient (Wildman–Crippen LogP) is 3.34. The molecule has 41 heavy (non-hydrogen) atoms. The molecule has 1 saturated heterocycles. The zero-order valence-corrected chi connectivity index (χ0v) is 23.4. The van der Waals surface area contributed by atoms with E-state index in [4.69, 9.17) is 15.9 Å². The van der Waals surface area contributed by atoms with Gasteiger partial charge in [-0.3, -0.25) is 15.0 Å². The van der Waals surface area contributed by atoms with Crippen molar-refractivity contribution in [1.82, 2.24) is 20.9 Å². The smallest absolute Gasteiger partial charge is 0.251 e. The zero-order valence-electron chi connectivity index (χ0n) is 23.4. The molecule has 9 nitrogen and oxygen atoms in total. The van der Waals surface area contributed by atoms with E-state index in [1.165, 1.54) is 0 Å². The number of hydrogen-bond donors (Lipinski definition) is 5. The van der Waals surface area contributed by atoms with Gasteiger partial charge in [-0.25, -0.2) is 0 Å². The SMILES string of the molecule is C=CCOC(CN1CC[C@@H](CNC(=O)c2ccc3ccccc3c2)N[C@@H](CCCNC(=N)N)C1=O)c1ccccc1. The number of guanidine groups is 1. The van der Waals surface area contributed by atoms with Crippen LogP contribution >= 0.6 is 0 Å². The molecule has 2 amide bonds. The minimum absolute atomic E-state index is 0.000634. The fourth-order valence-corrected chi connectivity index (χ4v) is 5.11. The second-order valence-electron chi connectivity index (χ2n) is 10.3. The van der Waals surface area contributed by atoms with Crippen molar-refractivity contribution in [1.29, 1.82) is 5.41 Å². The van der Waals surface area contributed by atoms with Crippen LogP contribution in [-0.4, -0.2) is 67.5 Å². The highest BCUT2D eigenvalue weighted by Crippen LogP contribution is 2.22. The van der Waals surface area contributed by atoms with Crippen LogP contribution < -0.4 is 21.7 Å². The Morgan fingerprint density at radius 1 is 1.12 bits per heavy atom. The van der Waals surface area contributed by atoms with Gasteiger partial charge in [0.25, 0.3) is 5.91 Å². The number of hydrogen-bond acceptors (Lipinski definition) is 5. The summed E-state index contributed by atoms with van der Waals surface area (Å²) in [6.07, 6.45) is 3.31. The fraction of sp³-hybridized carbons (Fsp3) is 0.344. The quantitative estimate of drug-likeness (QED) is 0.0950. The number of ether oxygens (including phenoxy) is 1. The van der Waals surface area contributed by atoms with E-state index < -0.39 is 6.04 Å². The van der Waals surface area contributed by atoms with Crippen LogP contribution in [0.5, 0.6) is 0 Å². The maximum atomic E-state index is 13.8. The molecule has 3 aromatic rings. The minimum Gasteiger partial charge on any atom is -0.370 e. The van der Waals surface area contributed by atoms with Crippen LogP contribution in [0, 0.1) is 5.41 Å². The number of nitrogens with zero attached hydrogens (tertiary/aromatic N) is 1. The molecule has 1 fully saturated rings. The van der Waals surface area contributed by atoms with E-state index in [1.807, 2.05) is 77.7 Å². The lowest BCUT2D eigenvalue weighted by Crippen LogP contribution is -2.49. The molecule has 1 aliphatic rings. The predicted molar refractivity (Wildman–Crippen MR) is 163 cm³/mol. The molecule has 0 aromatic heterocycles. The van der Waals surface area contributed by atoms with Crippen LogP contribution in [0.1, 0.15) is 41.3 Å². The van der Waals surface area contributed by atoms with Gasteiger partial charge in [-0.1, -0.05) is 66.7 Å². The van der Waals surface area contributed by atoms with Gasteiger partial charge >= 0.3 is 0 Å². The molecule has 6 N–H and O–H groups in total. The molecule has 3 atom stereocenters. The molecular weight excluding hydrogens is 516 g/mol. The summed E-state index contributed by atoms with van der Waals surface area (Å²) in [5.41, 5.74) is 7.03. The van der Waals surface area contributed by atoms with E-state index in [-0.39, 0.29) is 29.9 Å². The number of nitrogens with one attached hydrogen (secondary N) is 4. The lowest BCUT2D eigenvalue weighted by Gasteiger charge is -2.29. The van der Waals surface area contributed by atoms with Crippen LogP contribution in [0.25, 0.3) is 10.8 Å². The lowest BCUT2D eigenvalue weighted by atomic mass is 10.1. The maximum absolute atomic E-state index is 13.8. The Balaban J connectivity index is 1.44. The number of rotatable bonds is 13. The van der Waals surface area contributed by atoms with Gasteiger partial charge in [0.2, 0.25) is 5.91 Å². The number of amides is 2. The second-order valence-corrected chi connectivity index (χ2v) is 10.3. The summed E-state index contributed by atoms with van der Waals surface area (Å²) >= 11 is 0. The lowest BCUT2D eigenvalue weighted by molar-refractivity contribution is -0.134. The Bertz CT molecular complexity index is 1330. The standard InChI is InChI=1S/C32H40N6O3/c1-2-19-41-29(24-10-4-3-5-11-24)22-38-18-16-27(37-28(31(38)40)13-8-17-35-32(33)34)21-36-30(39)26-15-14-23-9-6-7-12-25(23)20-26/h2-7,9-12,14-15,20,27-29,37H,1,8,13,16-19,21-22H2,(H,36,39)(H4,33,34,35)/t27-,28-,29?/m0/s1. The van der Waals surface area contributed by atoms with Gasteiger partial charge in [-0.05, 0) is 47.7 Å². The zero-order chi connectivity index (χ0) is 29.0. The van der Waals surface area contributed by atoms with Crippen molar-refractivity contribution < 1.29 is 14.3 Å². The van der Waals surface area contributed by atoms with Crippen molar-refractivity contribution in [3.63, 3.8) is 0 Å². The molecule has 1 unspecified atom stereocenters. The van der Waals surface area contributed by atoms with E-state index in [2.05, 4.69) is 22.5 Å². The van der Waals surface area contributed by atoms with Gasteiger partial charge in [0.15, 0.2) is 5.96 Å². The normalized spacial score (nSPS) is 18.0. The van der Waals surface area contributed by atoms with Gasteiger partial charge in [-0.2, -0.15) is 0 Å². The van der Waals surface area contributed by atoms with E-state index in [9.17, 15) is 9.59 Å². The van der Waals surface area contributed by atoms with E-state index in [1.54, 1.807) is 6.08 Å². The number of benzene rings is 3. The van der Waals surface area contributed by atoms with Crippen LogP contribution in [0.2, 0.25) is 0 Å². The molecule has 3 aromatic carbocycles. The van der Waals surface area contributed by atoms with Crippen LogP contribution in [0.3, 0.4) is 0 Å². The van der Waals surface area contributed by atoms with Crippen molar-refractivity contribution in [2.75, 3.05) is 32.8 Å². The van der Waals surface area contributed by atoms with E-state index in [0.717, 1.165) is 16.3 Å². The van der Waals surface area contributed by atoms with Crippen molar-refractivity contribution in [3.8, 4) is 0 Å². The Morgan fingerprint density at radius 3 is 2.63 bits per heavy atom. The third kappa shape index (κ3) is 8.64. The largest absolute Gasteiger partial charge is 0.370 e. The molecule has 0 saturated carbocycles. The molecule has 0 radical (unpaired) electrons. The van der Waals surface area contributed by atoms with E-state index in [0.29, 0.717) is 57.6 Å². The third-order valence-corrected chi connectivity index (χ3v) is 7.27. The first-order valence-electron chi connectivity index (χ1n) is 14.1. The van der Waals surface area contributed by atoms with Crippen LogP contribution in [0.4, 0.5) is 0 Å². The second kappa shape index (κ2) is 15.0. The molecule has 0 spiro atoms. The summed E-state index contributed by atoms with van der Waals surface area (Å²) in [5, 5.41) is 18.9. The molecule has 0 aliphatic carbocycles. The number of fused-ring (bicyclic) bond motifs is 1. The average Bonchev–Trinajstić information content (AvgIpc) is 3.14. The van der Waals surface area contributed by atoms with Crippen molar-refractivity contribution in [2.45, 2.75) is 37.5 Å². The number of carbonyl (C=O) groups is 2. The summed E-state index contributed by atoms with van der Waals surface area (Å²) in [6, 6.07) is 23.0. The third-order valence-electron chi connectivity index (χ3n) is 7.27. The maximum Gasteiger partial charge on any atom is 0.251 e. The van der Waals surface area contributed by atoms with Crippen molar-refractivity contribution >= 4 is 28.5 Å². The number of nitrogens with two attached hydrogens (primary N) is 1. The summed E-state index contributed by atoms with van der Waals surface area (Å²) in [7, 11) is 0. The fourth-order valence-electron chi connectivity index (χ4n) is 5.11. The molecule has 216 valence electrons. The van der Waals surface area contributed by atoms with Gasteiger partial charge in [-0.15, -0.1) is 6.58 Å². The summed E-state index contributed by atoms with van der Waals surface area (Å²) in [6.45, 7) is 5.99. The highest BCUT2D eigenvalue weighted by molar-refractivity contribution is 5.98. The van der Waals surface area contributed by atoms with Gasteiger partial charge < -0.3 is 31.3 Å². The molecule has 9 heteroatoms. The highest BCUT2D eigenvalue weighted by Gasteiger charge is 2.32. The average molecular weight is 557 g/mol. The highest BCUT2D eigenvalue weighted by atomic mass is 16.5. The topological polar surface area (TPSA) is 133 Å². The number of carbonyl (C=O) groups excluding carboxylic acids is 2. The monoisotopic (exact) mass is 556 g/mol. The minimum atomic E-state index is -0.440. The van der Waals surface area contributed by atoms with Crippen LogP contribution in [0.15, 0.2) is 85.5 Å². The Hall–Kier alpha value is -4.21. The molecule has 4 rings (SSSR count). The first-order chi connectivity index (χ1) is 19.9. The van der Waals surface area contributed by atoms with Gasteiger partial charge in [0, 0.05) is 31.2 Å². The summed E-state index contributed by atoms with van der Waals surface area (Å²) < 4.78 is 6.08. The summed E-state index contributed by atoms with van der Waals surface area (Å²) in [5.74, 6) is -0.236. The first kappa shape index (κ1) is 29.8. The molecule has 0 bridgehead atoms.